The first-order valence-corrected chi connectivity index (χ1v) is 8.91. The monoisotopic (exact) mass is 384 g/mol. The number of aryl methyl sites for hydroxylation is 2. The number of hydrogen-bond acceptors (Lipinski definition) is 4. The molecule has 0 heterocycles. The van der Waals surface area contributed by atoms with Gasteiger partial charge in [0.2, 0.25) is 5.91 Å². The van der Waals surface area contributed by atoms with E-state index in [1.54, 1.807) is 36.4 Å². The van der Waals surface area contributed by atoms with E-state index in [9.17, 15) is 19.5 Å². The van der Waals surface area contributed by atoms with Gasteiger partial charge in [-0.25, -0.2) is 4.79 Å². The third kappa shape index (κ3) is 5.84. The fourth-order valence-electron chi connectivity index (χ4n) is 2.81. The van der Waals surface area contributed by atoms with Gasteiger partial charge in [0.05, 0.1) is 13.2 Å². The van der Waals surface area contributed by atoms with Crippen molar-refractivity contribution < 1.29 is 24.2 Å². The van der Waals surface area contributed by atoms with Crippen molar-refractivity contribution in [3.8, 4) is 5.75 Å². The lowest BCUT2D eigenvalue weighted by molar-refractivity contribution is -0.141. The molecule has 0 bridgehead atoms. The van der Waals surface area contributed by atoms with Crippen molar-refractivity contribution in [1.29, 1.82) is 0 Å². The summed E-state index contributed by atoms with van der Waals surface area (Å²) in [6.45, 7) is 5.77. The summed E-state index contributed by atoms with van der Waals surface area (Å²) in [4.78, 5) is 35.9. The summed E-state index contributed by atoms with van der Waals surface area (Å²) in [6.07, 6.45) is 0. The highest BCUT2D eigenvalue weighted by molar-refractivity contribution is 5.97. The maximum atomic E-state index is 12.2. The molecule has 0 saturated carbocycles. The smallest absolute Gasteiger partial charge is 0.330 e. The fourth-order valence-corrected chi connectivity index (χ4v) is 2.81. The summed E-state index contributed by atoms with van der Waals surface area (Å²) in [7, 11) is 0. The van der Waals surface area contributed by atoms with Crippen molar-refractivity contribution in [3.63, 3.8) is 0 Å². The van der Waals surface area contributed by atoms with Crippen LogP contribution in [0.1, 0.15) is 40.0 Å². The Morgan fingerprint density at radius 3 is 2.18 bits per heavy atom. The predicted molar refractivity (Wildman–Crippen MR) is 104 cm³/mol. The van der Waals surface area contributed by atoms with Gasteiger partial charge in [0.15, 0.2) is 6.04 Å². The molecule has 0 radical (unpaired) electrons. The lowest BCUT2D eigenvalue weighted by Crippen LogP contribution is -2.41. The molecule has 2 rings (SSSR count). The first-order chi connectivity index (χ1) is 13.3. The molecular weight excluding hydrogens is 360 g/mol. The van der Waals surface area contributed by atoms with E-state index in [4.69, 9.17) is 4.74 Å². The SMILES string of the molecule is CCOc1ccc(C(=O)NCC(=O)NC(C(=O)O)c2cc(C)cc(C)c2)cc1. The second-order valence-electron chi connectivity index (χ2n) is 6.40. The standard InChI is InChI=1S/C21H24N2O5/c1-4-28-17-7-5-15(6-8-17)20(25)22-12-18(24)23-19(21(26)27)16-10-13(2)9-14(3)11-16/h5-11,19H,4,12H2,1-3H3,(H,22,25)(H,23,24)(H,26,27). The summed E-state index contributed by atoms with van der Waals surface area (Å²) in [6, 6.07) is 10.7. The second kappa shape index (κ2) is 9.55. The average Bonchev–Trinajstić information content (AvgIpc) is 2.64. The first kappa shape index (κ1) is 21.0. The van der Waals surface area contributed by atoms with E-state index >= 15 is 0 Å². The molecule has 2 amide bonds. The Morgan fingerprint density at radius 2 is 1.64 bits per heavy atom. The zero-order valence-corrected chi connectivity index (χ0v) is 16.1. The molecule has 0 spiro atoms. The van der Waals surface area contributed by atoms with Crippen LogP contribution in [0.2, 0.25) is 0 Å². The summed E-state index contributed by atoms with van der Waals surface area (Å²) in [5.41, 5.74) is 2.66. The molecular formula is C21H24N2O5. The van der Waals surface area contributed by atoms with E-state index in [2.05, 4.69) is 10.6 Å². The predicted octanol–water partition coefficient (Wildman–Crippen LogP) is 2.37. The van der Waals surface area contributed by atoms with Gasteiger partial charge in [-0.1, -0.05) is 29.3 Å². The van der Waals surface area contributed by atoms with Gasteiger partial charge in [0, 0.05) is 5.56 Å². The molecule has 2 aromatic rings. The number of carbonyl (C=O) groups is 3. The molecule has 3 N–H and O–H groups in total. The van der Waals surface area contributed by atoms with Crippen LogP contribution >= 0.6 is 0 Å². The highest BCUT2D eigenvalue weighted by Gasteiger charge is 2.22. The van der Waals surface area contributed by atoms with Crippen molar-refractivity contribution >= 4 is 17.8 Å². The summed E-state index contributed by atoms with van der Waals surface area (Å²) < 4.78 is 5.31. The maximum Gasteiger partial charge on any atom is 0.330 e. The minimum absolute atomic E-state index is 0.333. The summed E-state index contributed by atoms with van der Waals surface area (Å²) in [5, 5.41) is 14.4. The number of benzene rings is 2. The molecule has 0 fully saturated rings. The molecule has 0 aliphatic heterocycles. The van der Waals surface area contributed by atoms with Gasteiger partial charge in [0.25, 0.3) is 5.91 Å². The highest BCUT2D eigenvalue weighted by Crippen LogP contribution is 2.17. The van der Waals surface area contributed by atoms with E-state index in [-0.39, 0.29) is 6.54 Å². The van der Waals surface area contributed by atoms with Crippen LogP contribution in [0.25, 0.3) is 0 Å². The number of rotatable bonds is 8. The molecule has 0 aliphatic carbocycles. The molecule has 28 heavy (non-hydrogen) atoms. The Labute approximate surface area is 163 Å². The lowest BCUT2D eigenvalue weighted by atomic mass is 10.0. The van der Waals surface area contributed by atoms with Gasteiger partial charge >= 0.3 is 5.97 Å². The number of carboxylic acid groups (broad SMARTS) is 1. The molecule has 1 unspecified atom stereocenters. The zero-order chi connectivity index (χ0) is 20.7. The van der Waals surface area contributed by atoms with Gasteiger partial charge in [-0.2, -0.15) is 0 Å². The number of nitrogens with one attached hydrogen (secondary N) is 2. The largest absolute Gasteiger partial charge is 0.494 e. The Morgan fingerprint density at radius 1 is 1.04 bits per heavy atom. The van der Waals surface area contributed by atoms with Crippen LogP contribution in [0, 0.1) is 13.8 Å². The first-order valence-electron chi connectivity index (χ1n) is 8.91. The van der Waals surface area contributed by atoms with E-state index < -0.39 is 23.8 Å². The molecule has 148 valence electrons. The van der Waals surface area contributed by atoms with Gasteiger partial charge in [0.1, 0.15) is 5.75 Å². The summed E-state index contributed by atoms with van der Waals surface area (Å²) in [5.74, 6) is -1.55. The molecule has 0 aliphatic rings. The van der Waals surface area contributed by atoms with Crippen LogP contribution in [0.5, 0.6) is 5.75 Å². The minimum atomic E-state index is -1.19. The van der Waals surface area contributed by atoms with E-state index in [0.29, 0.717) is 23.5 Å². The van der Waals surface area contributed by atoms with Gasteiger partial charge < -0.3 is 20.5 Å². The van der Waals surface area contributed by atoms with Crippen LogP contribution in [0.4, 0.5) is 0 Å². The van der Waals surface area contributed by atoms with E-state index in [1.807, 2.05) is 26.8 Å². The molecule has 0 saturated heterocycles. The van der Waals surface area contributed by atoms with Gasteiger partial charge in [-0.05, 0) is 50.6 Å². The Bertz CT molecular complexity index is 841. The number of amides is 2. The molecule has 7 heteroatoms. The Balaban J connectivity index is 1.97. The maximum absolute atomic E-state index is 12.2. The number of ether oxygens (including phenoxy) is 1. The lowest BCUT2D eigenvalue weighted by Gasteiger charge is -2.16. The van der Waals surface area contributed by atoms with E-state index in [1.165, 1.54) is 0 Å². The Kier molecular flexibility index (Phi) is 7.14. The second-order valence-corrected chi connectivity index (χ2v) is 6.40. The van der Waals surface area contributed by atoms with Crippen molar-refractivity contribution in [2.75, 3.05) is 13.2 Å². The van der Waals surface area contributed by atoms with Crippen molar-refractivity contribution in [2.24, 2.45) is 0 Å². The van der Waals surface area contributed by atoms with Crippen molar-refractivity contribution in [2.45, 2.75) is 26.8 Å². The molecule has 1 atom stereocenters. The topological polar surface area (TPSA) is 105 Å². The van der Waals surface area contributed by atoms with Gasteiger partial charge in [-0.15, -0.1) is 0 Å². The van der Waals surface area contributed by atoms with Crippen LogP contribution in [0.15, 0.2) is 42.5 Å². The van der Waals surface area contributed by atoms with Crippen LogP contribution in [-0.4, -0.2) is 36.0 Å². The number of aliphatic carboxylic acids is 1. The molecule has 0 aromatic heterocycles. The zero-order valence-electron chi connectivity index (χ0n) is 16.1. The van der Waals surface area contributed by atoms with E-state index in [0.717, 1.165) is 11.1 Å². The number of carboxylic acids is 1. The normalized spacial score (nSPS) is 11.4. The highest BCUT2D eigenvalue weighted by atomic mass is 16.5. The quantitative estimate of drug-likeness (QED) is 0.648. The van der Waals surface area contributed by atoms with Crippen molar-refractivity contribution in [3.05, 3.63) is 64.7 Å². The third-order valence-electron chi connectivity index (χ3n) is 3.97. The third-order valence-corrected chi connectivity index (χ3v) is 3.97. The number of carbonyl (C=O) groups excluding carboxylic acids is 2. The number of hydrogen-bond donors (Lipinski definition) is 3. The molecule has 7 nitrogen and oxygen atoms in total. The van der Waals surface area contributed by atoms with Crippen molar-refractivity contribution in [1.82, 2.24) is 10.6 Å². The molecule has 2 aromatic carbocycles. The summed E-state index contributed by atoms with van der Waals surface area (Å²) >= 11 is 0. The fraction of sp³-hybridized carbons (Fsp3) is 0.286. The average molecular weight is 384 g/mol. The van der Waals surface area contributed by atoms with Crippen LogP contribution in [-0.2, 0) is 9.59 Å². The van der Waals surface area contributed by atoms with Crippen LogP contribution < -0.4 is 15.4 Å². The van der Waals surface area contributed by atoms with Crippen LogP contribution in [0.3, 0.4) is 0 Å². The Hall–Kier alpha value is -3.35. The van der Waals surface area contributed by atoms with Gasteiger partial charge in [-0.3, -0.25) is 9.59 Å². The minimum Gasteiger partial charge on any atom is -0.494 e.